The van der Waals surface area contributed by atoms with Crippen molar-refractivity contribution in [3.63, 3.8) is 0 Å². The second-order valence-corrected chi connectivity index (χ2v) is 5.50. The largest absolute Gasteiger partial charge is 0.481 e. The fourth-order valence-corrected chi connectivity index (χ4v) is 2.53. The van der Waals surface area contributed by atoms with Gasteiger partial charge in [0, 0.05) is 24.4 Å². The molecule has 0 unspecified atom stereocenters. The van der Waals surface area contributed by atoms with Crippen LogP contribution in [-0.2, 0) is 9.59 Å². The topological polar surface area (TPSA) is 58.6 Å². The zero-order chi connectivity index (χ0) is 17.6. The van der Waals surface area contributed by atoms with Crippen molar-refractivity contribution >= 4 is 29.3 Å². The van der Waals surface area contributed by atoms with E-state index in [-0.39, 0.29) is 18.4 Å². The van der Waals surface area contributed by atoms with Crippen LogP contribution in [0.25, 0.3) is 6.08 Å². The van der Waals surface area contributed by atoms with Crippen LogP contribution in [0.1, 0.15) is 5.56 Å². The van der Waals surface area contributed by atoms with Gasteiger partial charge in [0.25, 0.3) is 5.91 Å². The predicted octanol–water partition coefficient (Wildman–Crippen LogP) is 3.25. The number of ether oxygens (including phenoxy) is 1. The van der Waals surface area contributed by atoms with E-state index < -0.39 is 0 Å². The molecule has 5 heteroatoms. The Morgan fingerprint density at radius 1 is 1.24 bits per heavy atom. The molecule has 2 aromatic carbocycles. The van der Waals surface area contributed by atoms with Crippen molar-refractivity contribution < 1.29 is 14.3 Å². The molecule has 2 amide bonds. The lowest BCUT2D eigenvalue weighted by molar-refractivity contribution is -0.121. The van der Waals surface area contributed by atoms with Crippen molar-refractivity contribution in [3.8, 4) is 5.75 Å². The van der Waals surface area contributed by atoms with Gasteiger partial charge in [-0.15, -0.1) is 6.58 Å². The Balaban J connectivity index is 1.72. The fraction of sp³-hybridized carbons (Fsp3) is 0.100. The number of anilines is 2. The summed E-state index contributed by atoms with van der Waals surface area (Å²) in [6, 6.07) is 14.8. The van der Waals surface area contributed by atoms with Gasteiger partial charge in [-0.2, -0.15) is 0 Å². The van der Waals surface area contributed by atoms with Crippen LogP contribution in [0, 0.1) is 0 Å². The number of benzene rings is 2. The van der Waals surface area contributed by atoms with Gasteiger partial charge in [-0.25, -0.2) is 0 Å². The molecule has 0 fully saturated rings. The van der Waals surface area contributed by atoms with Gasteiger partial charge in [-0.3, -0.25) is 9.59 Å². The van der Waals surface area contributed by atoms with E-state index in [4.69, 9.17) is 4.74 Å². The van der Waals surface area contributed by atoms with E-state index in [0.717, 1.165) is 5.56 Å². The maximum atomic E-state index is 12.1. The molecule has 0 radical (unpaired) electrons. The molecule has 0 bridgehead atoms. The Kier molecular flexibility index (Phi) is 4.95. The van der Waals surface area contributed by atoms with Gasteiger partial charge in [-0.1, -0.05) is 36.4 Å². The number of carbonyl (C=O) groups excluding carboxylic acids is 2. The molecular formula is C20H18N2O3. The average molecular weight is 334 g/mol. The third-order valence-corrected chi connectivity index (χ3v) is 3.71. The highest BCUT2D eigenvalue weighted by Crippen LogP contribution is 2.34. The second kappa shape index (κ2) is 7.49. The maximum absolute atomic E-state index is 12.1. The van der Waals surface area contributed by atoms with Crippen molar-refractivity contribution in [2.45, 2.75) is 0 Å². The summed E-state index contributed by atoms with van der Waals surface area (Å²) in [5.41, 5.74) is 2.23. The molecular weight excluding hydrogens is 316 g/mol. The van der Waals surface area contributed by atoms with Crippen LogP contribution in [0.2, 0.25) is 0 Å². The third kappa shape index (κ3) is 3.95. The molecule has 0 spiro atoms. The molecule has 0 atom stereocenters. The summed E-state index contributed by atoms with van der Waals surface area (Å²) in [6.45, 7) is 4.06. The van der Waals surface area contributed by atoms with Gasteiger partial charge in [0.2, 0.25) is 5.91 Å². The molecule has 25 heavy (non-hydrogen) atoms. The monoisotopic (exact) mass is 334 g/mol. The SMILES string of the molecule is C=CCN1C(=O)COc2cc(NC(=O)/C=C/c3ccccc3)ccc21. The summed E-state index contributed by atoms with van der Waals surface area (Å²) in [5, 5.41) is 2.79. The molecule has 0 aromatic heterocycles. The first-order chi connectivity index (χ1) is 12.2. The Bertz CT molecular complexity index is 828. The Hall–Kier alpha value is -3.34. The van der Waals surface area contributed by atoms with Gasteiger partial charge >= 0.3 is 0 Å². The molecule has 1 N–H and O–H groups in total. The number of nitrogens with zero attached hydrogens (tertiary/aromatic N) is 1. The number of hydrogen-bond donors (Lipinski definition) is 1. The first kappa shape index (κ1) is 16.5. The van der Waals surface area contributed by atoms with Gasteiger partial charge in [-0.05, 0) is 23.8 Å². The number of nitrogens with one attached hydrogen (secondary N) is 1. The van der Waals surface area contributed by atoms with Crippen LogP contribution in [0.15, 0.2) is 67.3 Å². The lowest BCUT2D eigenvalue weighted by Crippen LogP contribution is -2.38. The minimum atomic E-state index is -0.237. The second-order valence-electron chi connectivity index (χ2n) is 5.50. The summed E-state index contributed by atoms with van der Waals surface area (Å²) in [7, 11) is 0. The van der Waals surface area contributed by atoms with E-state index in [9.17, 15) is 9.59 Å². The van der Waals surface area contributed by atoms with E-state index >= 15 is 0 Å². The minimum absolute atomic E-state index is 0.0217. The first-order valence-electron chi connectivity index (χ1n) is 7.89. The van der Waals surface area contributed by atoms with Crippen LogP contribution in [0.3, 0.4) is 0 Å². The van der Waals surface area contributed by atoms with Gasteiger partial charge in [0.1, 0.15) is 5.75 Å². The molecule has 1 aliphatic heterocycles. The highest BCUT2D eigenvalue weighted by atomic mass is 16.5. The summed E-state index contributed by atoms with van der Waals surface area (Å²) in [5.74, 6) is 0.208. The zero-order valence-corrected chi connectivity index (χ0v) is 13.6. The van der Waals surface area contributed by atoms with Crippen LogP contribution in [0.5, 0.6) is 5.75 Å². The Labute approximate surface area is 146 Å². The van der Waals surface area contributed by atoms with E-state index in [1.165, 1.54) is 6.08 Å². The lowest BCUT2D eigenvalue weighted by atomic mass is 10.2. The van der Waals surface area contributed by atoms with E-state index in [0.29, 0.717) is 23.7 Å². The number of carbonyl (C=O) groups is 2. The number of amides is 2. The highest BCUT2D eigenvalue weighted by molar-refractivity contribution is 6.03. The molecule has 1 heterocycles. The van der Waals surface area contributed by atoms with Gasteiger partial charge in [0.15, 0.2) is 6.61 Å². The molecule has 126 valence electrons. The van der Waals surface area contributed by atoms with Crippen LogP contribution >= 0.6 is 0 Å². The van der Waals surface area contributed by atoms with Gasteiger partial charge < -0.3 is 15.0 Å². The predicted molar refractivity (Wildman–Crippen MR) is 98.6 cm³/mol. The molecule has 3 rings (SSSR count). The minimum Gasteiger partial charge on any atom is -0.481 e. The molecule has 0 saturated carbocycles. The smallest absolute Gasteiger partial charge is 0.265 e. The highest BCUT2D eigenvalue weighted by Gasteiger charge is 2.24. The van der Waals surface area contributed by atoms with E-state index in [1.54, 1.807) is 35.3 Å². The molecule has 2 aromatic rings. The number of hydrogen-bond acceptors (Lipinski definition) is 3. The lowest BCUT2D eigenvalue weighted by Gasteiger charge is -2.28. The van der Waals surface area contributed by atoms with Crippen LogP contribution in [-0.4, -0.2) is 25.0 Å². The van der Waals surface area contributed by atoms with Crippen molar-refractivity contribution in [1.82, 2.24) is 0 Å². The summed E-state index contributed by atoms with van der Waals surface area (Å²) < 4.78 is 5.47. The summed E-state index contributed by atoms with van der Waals surface area (Å²) in [4.78, 5) is 25.6. The average Bonchev–Trinajstić information content (AvgIpc) is 2.63. The van der Waals surface area contributed by atoms with Crippen molar-refractivity contribution in [3.05, 3.63) is 72.8 Å². The zero-order valence-electron chi connectivity index (χ0n) is 13.6. The summed E-state index contributed by atoms with van der Waals surface area (Å²) >= 11 is 0. The standard InChI is InChI=1S/C20H18N2O3/c1-2-12-22-17-10-9-16(13-18(17)25-14-20(22)24)21-19(23)11-8-15-6-4-3-5-7-15/h2-11,13H,1,12,14H2,(H,21,23)/b11-8+. The number of rotatable bonds is 5. The molecule has 0 aliphatic carbocycles. The first-order valence-corrected chi connectivity index (χ1v) is 7.89. The molecule has 1 aliphatic rings. The van der Waals surface area contributed by atoms with E-state index in [1.807, 2.05) is 30.3 Å². The van der Waals surface area contributed by atoms with Crippen molar-refractivity contribution in [2.75, 3.05) is 23.4 Å². The molecule has 5 nitrogen and oxygen atoms in total. The summed E-state index contributed by atoms with van der Waals surface area (Å²) in [6.07, 6.45) is 4.88. The number of fused-ring (bicyclic) bond motifs is 1. The quantitative estimate of drug-likeness (QED) is 0.674. The molecule has 0 saturated heterocycles. The maximum Gasteiger partial charge on any atom is 0.265 e. The van der Waals surface area contributed by atoms with Crippen molar-refractivity contribution in [2.24, 2.45) is 0 Å². The van der Waals surface area contributed by atoms with Gasteiger partial charge in [0.05, 0.1) is 5.69 Å². The van der Waals surface area contributed by atoms with Crippen LogP contribution < -0.4 is 15.0 Å². The van der Waals surface area contributed by atoms with E-state index in [2.05, 4.69) is 11.9 Å². The Morgan fingerprint density at radius 3 is 2.80 bits per heavy atom. The fourth-order valence-electron chi connectivity index (χ4n) is 2.53. The van der Waals surface area contributed by atoms with Crippen LogP contribution in [0.4, 0.5) is 11.4 Å². The third-order valence-electron chi connectivity index (χ3n) is 3.71. The van der Waals surface area contributed by atoms with Crippen molar-refractivity contribution in [1.29, 1.82) is 0 Å². The Morgan fingerprint density at radius 2 is 2.04 bits per heavy atom. The normalized spacial score (nSPS) is 13.3.